The number of hydrogen-bond acceptors (Lipinski definition) is 5. The summed E-state index contributed by atoms with van der Waals surface area (Å²) in [5, 5.41) is 2.56. The Morgan fingerprint density at radius 2 is 1.84 bits per heavy atom. The van der Waals surface area contributed by atoms with Crippen LogP contribution in [-0.4, -0.2) is 35.6 Å². The average molecular weight is 271 g/mol. The van der Waals surface area contributed by atoms with Crippen LogP contribution in [0.4, 0.5) is 4.79 Å². The number of hydrogen-bond donors (Lipinski definition) is 1. The number of ketones is 1. The molecule has 0 spiro atoms. The van der Waals surface area contributed by atoms with Gasteiger partial charge in [0.15, 0.2) is 11.9 Å². The summed E-state index contributed by atoms with van der Waals surface area (Å²) in [5.74, 6) is -0.811. The summed E-state index contributed by atoms with van der Waals surface area (Å²) in [6.45, 7) is 9.77. The Morgan fingerprint density at radius 3 is 2.26 bits per heavy atom. The third-order valence-electron chi connectivity index (χ3n) is 2.91. The Kier molecular flexibility index (Phi) is 3.93. The van der Waals surface area contributed by atoms with Gasteiger partial charge in [-0.25, -0.2) is 4.79 Å². The molecule has 2 atom stereocenters. The molecule has 108 valence electrons. The van der Waals surface area contributed by atoms with Crippen LogP contribution in [0, 0.1) is 5.41 Å². The van der Waals surface area contributed by atoms with E-state index in [1.807, 2.05) is 0 Å². The quantitative estimate of drug-likeness (QED) is 0.768. The highest BCUT2D eigenvalue weighted by Gasteiger charge is 2.53. The summed E-state index contributed by atoms with van der Waals surface area (Å²) >= 11 is 0. The predicted molar refractivity (Wildman–Crippen MR) is 67.5 cm³/mol. The second-order valence-electron chi connectivity index (χ2n) is 6.28. The molecule has 6 nitrogen and oxygen atoms in total. The first-order chi connectivity index (χ1) is 8.45. The Morgan fingerprint density at radius 1 is 1.32 bits per heavy atom. The number of alkyl carbamates (subject to hydrolysis) is 1. The van der Waals surface area contributed by atoms with E-state index in [9.17, 15) is 14.4 Å². The third kappa shape index (κ3) is 3.45. The van der Waals surface area contributed by atoms with E-state index in [1.165, 1.54) is 6.92 Å². The van der Waals surface area contributed by atoms with E-state index < -0.39 is 35.2 Å². The molecule has 19 heavy (non-hydrogen) atoms. The lowest BCUT2D eigenvalue weighted by Crippen LogP contribution is -2.51. The number of carbonyl (C=O) groups excluding carboxylic acids is 3. The van der Waals surface area contributed by atoms with Crippen LogP contribution in [0.1, 0.15) is 41.5 Å². The molecule has 1 aliphatic rings. The SMILES string of the molecule is CC(=O)C1OC(=O)C(C)(C)[C@H]1NC(=O)OC(C)(C)C. The standard InChI is InChI=1S/C13H21NO5/c1-7(15)8-9(13(5,6)10(16)18-8)14-11(17)19-12(2,3)4/h8-9H,1-6H3,(H,14,17)/t8?,9-/m0/s1. The van der Waals surface area contributed by atoms with Crippen LogP contribution < -0.4 is 5.32 Å². The maximum atomic E-state index is 11.8. The molecule has 0 saturated carbocycles. The zero-order valence-electron chi connectivity index (χ0n) is 12.2. The van der Waals surface area contributed by atoms with Gasteiger partial charge in [0.25, 0.3) is 0 Å². The average Bonchev–Trinajstić information content (AvgIpc) is 2.39. The molecule has 1 saturated heterocycles. The van der Waals surface area contributed by atoms with Crippen LogP contribution in [-0.2, 0) is 19.1 Å². The van der Waals surface area contributed by atoms with Gasteiger partial charge in [0.05, 0.1) is 11.5 Å². The van der Waals surface area contributed by atoms with Gasteiger partial charge in [-0.2, -0.15) is 0 Å². The normalized spacial score (nSPS) is 25.7. The van der Waals surface area contributed by atoms with Crippen molar-refractivity contribution in [1.82, 2.24) is 5.32 Å². The van der Waals surface area contributed by atoms with Gasteiger partial charge >= 0.3 is 12.1 Å². The molecule has 0 aromatic carbocycles. The Labute approximate surface area is 112 Å². The summed E-state index contributed by atoms with van der Waals surface area (Å²) in [4.78, 5) is 35.0. The first-order valence-electron chi connectivity index (χ1n) is 6.16. The van der Waals surface area contributed by atoms with Crippen LogP contribution in [0.15, 0.2) is 0 Å². The van der Waals surface area contributed by atoms with Crippen molar-refractivity contribution >= 4 is 17.8 Å². The summed E-state index contributed by atoms with van der Waals surface area (Å²) in [6.07, 6.45) is -1.63. The number of ether oxygens (including phenoxy) is 2. The molecule has 0 bridgehead atoms. The Hall–Kier alpha value is -1.59. The fraction of sp³-hybridized carbons (Fsp3) is 0.769. The second-order valence-corrected chi connectivity index (χ2v) is 6.28. The van der Waals surface area contributed by atoms with Crippen LogP contribution in [0.3, 0.4) is 0 Å². The largest absolute Gasteiger partial charge is 0.452 e. The molecular formula is C13H21NO5. The van der Waals surface area contributed by atoms with Crippen molar-refractivity contribution in [3.8, 4) is 0 Å². The van der Waals surface area contributed by atoms with Gasteiger partial charge in [-0.05, 0) is 41.5 Å². The van der Waals surface area contributed by atoms with Gasteiger partial charge < -0.3 is 14.8 Å². The smallest absolute Gasteiger partial charge is 0.408 e. The van der Waals surface area contributed by atoms with Crippen molar-refractivity contribution in [3.05, 3.63) is 0 Å². The molecule has 0 aliphatic carbocycles. The van der Waals surface area contributed by atoms with E-state index in [0.29, 0.717) is 0 Å². The molecule has 1 amide bonds. The summed E-state index contributed by atoms with van der Waals surface area (Å²) in [7, 11) is 0. The minimum absolute atomic E-state index is 0.306. The maximum Gasteiger partial charge on any atom is 0.408 e. The first-order valence-corrected chi connectivity index (χ1v) is 6.16. The lowest BCUT2D eigenvalue weighted by molar-refractivity contribution is -0.150. The second kappa shape index (κ2) is 4.83. The van der Waals surface area contributed by atoms with Crippen molar-refractivity contribution < 1.29 is 23.9 Å². The molecular weight excluding hydrogens is 250 g/mol. The van der Waals surface area contributed by atoms with E-state index >= 15 is 0 Å². The number of amides is 1. The summed E-state index contributed by atoms with van der Waals surface area (Å²) in [6, 6.07) is -0.729. The number of rotatable bonds is 2. The molecule has 0 radical (unpaired) electrons. The minimum atomic E-state index is -0.965. The minimum Gasteiger partial charge on any atom is -0.452 e. The van der Waals surface area contributed by atoms with Crippen molar-refractivity contribution in [2.75, 3.05) is 0 Å². The summed E-state index contributed by atoms with van der Waals surface area (Å²) in [5.41, 5.74) is -1.61. The molecule has 0 aromatic rings. The number of esters is 1. The molecule has 1 N–H and O–H groups in total. The van der Waals surface area contributed by atoms with Crippen LogP contribution >= 0.6 is 0 Å². The summed E-state index contributed by atoms with van der Waals surface area (Å²) < 4.78 is 10.2. The number of cyclic esters (lactones) is 1. The molecule has 0 aromatic heterocycles. The van der Waals surface area contributed by atoms with Crippen LogP contribution in [0.25, 0.3) is 0 Å². The van der Waals surface area contributed by atoms with E-state index in [1.54, 1.807) is 34.6 Å². The molecule has 1 heterocycles. The fourth-order valence-electron chi connectivity index (χ4n) is 1.85. The molecule has 1 fully saturated rings. The first kappa shape index (κ1) is 15.5. The van der Waals surface area contributed by atoms with Gasteiger partial charge in [0, 0.05) is 0 Å². The topological polar surface area (TPSA) is 81.7 Å². The number of Topliss-reactive ketones (excluding diaryl/α,β-unsaturated/α-hetero) is 1. The zero-order valence-corrected chi connectivity index (χ0v) is 12.2. The van der Waals surface area contributed by atoms with Gasteiger partial charge in [-0.1, -0.05) is 0 Å². The highest BCUT2D eigenvalue weighted by Crippen LogP contribution is 2.34. The number of nitrogens with one attached hydrogen (secondary N) is 1. The van der Waals surface area contributed by atoms with Gasteiger partial charge in [0.2, 0.25) is 0 Å². The van der Waals surface area contributed by atoms with Crippen LogP contribution in [0.5, 0.6) is 0 Å². The molecule has 6 heteroatoms. The van der Waals surface area contributed by atoms with E-state index in [0.717, 1.165) is 0 Å². The monoisotopic (exact) mass is 271 g/mol. The molecule has 1 aliphatic heterocycles. The van der Waals surface area contributed by atoms with Crippen LogP contribution in [0.2, 0.25) is 0 Å². The highest BCUT2D eigenvalue weighted by molar-refractivity contribution is 5.91. The van der Waals surface area contributed by atoms with Crippen molar-refractivity contribution in [2.24, 2.45) is 5.41 Å². The van der Waals surface area contributed by atoms with Crippen molar-refractivity contribution in [3.63, 3.8) is 0 Å². The van der Waals surface area contributed by atoms with Gasteiger partial charge in [0.1, 0.15) is 5.60 Å². The molecule has 1 unspecified atom stereocenters. The van der Waals surface area contributed by atoms with Crippen molar-refractivity contribution in [1.29, 1.82) is 0 Å². The van der Waals surface area contributed by atoms with Gasteiger partial charge in [-0.3, -0.25) is 9.59 Å². The zero-order chi connectivity index (χ0) is 15.0. The van der Waals surface area contributed by atoms with E-state index in [2.05, 4.69) is 5.32 Å². The van der Waals surface area contributed by atoms with E-state index in [4.69, 9.17) is 9.47 Å². The van der Waals surface area contributed by atoms with Crippen molar-refractivity contribution in [2.45, 2.75) is 59.3 Å². The Bertz CT molecular complexity index is 408. The number of carbonyl (C=O) groups is 3. The highest BCUT2D eigenvalue weighted by atomic mass is 16.6. The van der Waals surface area contributed by atoms with E-state index in [-0.39, 0.29) is 5.78 Å². The third-order valence-corrected chi connectivity index (χ3v) is 2.91. The lowest BCUT2D eigenvalue weighted by Gasteiger charge is -2.27. The van der Waals surface area contributed by atoms with Gasteiger partial charge in [-0.15, -0.1) is 0 Å². The predicted octanol–water partition coefficient (Wildman–Crippen LogP) is 1.42. The Balaban J connectivity index is 2.86. The fourth-order valence-corrected chi connectivity index (χ4v) is 1.85. The molecule has 1 rings (SSSR count). The maximum absolute atomic E-state index is 11.8. The lowest BCUT2D eigenvalue weighted by atomic mass is 9.83.